The molecule has 2 aliphatic rings. The lowest BCUT2D eigenvalue weighted by molar-refractivity contribution is -0.329. The van der Waals surface area contributed by atoms with Crippen LogP contribution in [0, 0.1) is 0 Å². The summed E-state index contributed by atoms with van der Waals surface area (Å²) >= 11 is 0. The molecule has 8 N–H and O–H groups in total. The van der Waals surface area contributed by atoms with E-state index in [0.717, 1.165) is 0 Å². The molecule has 0 spiro atoms. The van der Waals surface area contributed by atoms with E-state index in [-0.39, 0.29) is 0 Å². The minimum Gasteiger partial charge on any atom is -0.394 e. The SMILES string of the molecule is CC(=O)NC1C(O)[C@H](O[C@H](O)CO)C(CO)O[C@H]1O[C@@H]1C(CO)O[C@@H](C)C(NC(C)=O)C1O. The van der Waals surface area contributed by atoms with E-state index in [1.54, 1.807) is 6.92 Å². The number of hydrogen-bond acceptors (Lipinski definition) is 12. The van der Waals surface area contributed by atoms with E-state index in [0.29, 0.717) is 0 Å². The van der Waals surface area contributed by atoms with Gasteiger partial charge in [0.1, 0.15) is 42.7 Å². The Kier molecular flexibility index (Phi) is 10.4. The summed E-state index contributed by atoms with van der Waals surface area (Å²) in [6, 6.07) is -2.20. The molecule has 14 nitrogen and oxygen atoms in total. The van der Waals surface area contributed by atoms with Gasteiger partial charge >= 0.3 is 0 Å². The molecule has 6 unspecified atom stereocenters. The van der Waals surface area contributed by atoms with Crippen molar-refractivity contribution in [2.45, 2.75) is 88.2 Å². The number of rotatable bonds is 9. The predicted octanol–water partition coefficient (Wildman–Crippen LogP) is -4.70. The van der Waals surface area contributed by atoms with Gasteiger partial charge in [0.25, 0.3) is 0 Å². The molecule has 33 heavy (non-hydrogen) atoms. The van der Waals surface area contributed by atoms with Crippen molar-refractivity contribution in [2.24, 2.45) is 0 Å². The van der Waals surface area contributed by atoms with Gasteiger partial charge < -0.3 is 60.2 Å². The third-order valence-corrected chi connectivity index (χ3v) is 5.50. The van der Waals surface area contributed by atoms with Crippen LogP contribution in [0.4, 0.5) is 0 Å². The Morgan fingerprint density at radius 1 is 0.909 bits per heavy atom. The van der Waals surface area contributed by atoms with Crippen LogP contribution in [0.5, 0.6) is 0 Å². The maximum Gasteiger partial charge on any atom is 0.217 e. The molecular formula is C19H34N2O12. The Hall–Kier alpha value is -1.46. The number of ether oxygens (including phenoxy) is 4. The third kappa shape index (κ3) is 6.79. The largest absolute Gasteiger partial charge is 0.394 e. The first-order valence-corrected chi connectivity index (χ1v) is 10.6. The Bertz CT molecular complexity index is 654. The highest BCUT2D eigenvalue weighted by atomic mass is 16.7. The van der Waals surface area contributed by atoms with E-state index in [2.05, 4.69) is 10.6 Å². The van der Waals surface area contributed by atoms with Crippen molar-refractivity contribution < 1.29 is 59.2 Å². The summed E-state index contributed by atoms with van der Waals surface area (Å²) in [7, 11) is 0. The van der Waals surface area contributed by atoms with Gasteiger partial charge in [-0.05, 0) is 6.92 Å². The van der Waals surface area contributed by atoms with Crippen molar-refractivity contribution >= 4 is 11.8 Å². The van der Waals surface area contributed by atoms with Crippen LogP contribution in [-0.2, 0) is 28.5 Å². The molecule has 0 aliphatic carbocycles. The van der Waals surface area contributed by atoms with E-state index in [9.17, 15) is 35.1 Å². The monoisotopic (exact) mass is 482 g/mol. The highest BCUT2D eigenvalue weighted by molar-refractivity contribution is 5.73. The van der Waals surface area contributed by atoms with Crippen LogP contribution in [0.1, 0.15) is 20.8 Å². The number of carbonyl (C=O) groups excluding carboxylic acids is 2. The molecule has 2 rings (SSSR count). The summed E-state index contributed by atoms with van der Waals surface area (Å²) in [4.78, 5) is 23.3. The molecule has 2 amide bonds. The van der Waals surface area contributed by atoms with Crippen molar-refractivity contribution in [3.05, 3.63) is 0 Å². The Morgan fingerprint density at radius 3 is 1.94 bits per heavy atom. The first kappa shape index (κ1) is 27.8. The van der Waals surface area contributed by atoms with Gasteiger partial charge in [-0.3, -0.25) is 9.59 Å². The van der Waals surface area contributed by atoms with Crippen molar-refractivity contribution in [3.63, 3.8) is 0 Å². The van der Waals surface area contributed by atoms with Gasteiger partial charge in [-0.1, -0.05) is 0 Å². The normalized spacial score (nSPS) is 40.2. The van der Waals surface area contributed by atoms with Crippen LogP contribution in [-0.4, -0.2) is 130 Å². The first-order chi connectivity index (χ1) is 15.5. The van der Waals surface area contributed by atoms with Gasteiger partial charge in [-0.2, -0.15) is 0 Å². The number of carbonyl (C=O) groups is 2. The lowest BCUT2D eigenvalue weighted by Gasteiger charge is -2.48. The second kappa shape index (κ2) is 12.3. The van der Waals surface area contributed by atoms with E-state index in [1.807, 2.05) is 0 Å². The van der Waals surface area contributed by atoms with Gasteiger partial charge in [-0.15, -0.1) is 0 Å². The van der Waals surface area contributed by atoms with Crippen molar-refractivity contribution in [1.29, 1.82) is 0 Å². The summed E-state index contributed by atoms with van der Waals surface area (Å²) in [5, 5.41) is 64.8. The summed E-state index contributed by atoms with van der Waals surface area (Å²) in [5.74, 6) is -1.01. The van der Waals surface area contributed by atoms with Crippen molar-refractivity contribution in [3.8, 4) is 0 Å². The van der Waals surface area contributed by atoms with Crippen LogP contribution in [0.3, 0.4) is 0 Å². The van der Waals surface area contributed by atoms with Crippen LogP contribution in [0.2, 0.25) is 0 Å². The fourth-order valence-corrected chi connectivity index (χ4v) is 4.01. The Labute approximate surface area is 190 Å². The average molecular weight is 482 g/mol. The maximum absolute atomic E-state index is 11.8. The molecular weight excluding hydrogens is 448 g/mol. The minimum absolute atomic E-state index is 0.432. The smallest absolute Gasteiger partial charge is 0.217 e. The zero-order valence-corrected chi connectivity index (χ0v) is 18.6. The van der Waals surface area contributed by atoms with Crippen LogP contribution in [0.25, 0.3) is 0 Å². The van der Waals surface area contributed by atoms with Crippen LogP contribution in [0.15, 0.2) is 0 Å². The second-order valence-electron chi connectivity index (χ2n) is 8.06. The van der Waals surface area contributed by atoms with Gasteiger partial charge in [0.05, 0.1) is 32.0 Å². The molecule has 2 heterocycles. The van der Waals surface area contributed by atoms with Gasteiger partial charge in [0.2, 0.25) is 11.8 Å². The number of nitrogens with one attached hydrogen (secondary N) is 2. The molecule has 0 aromatic rings. The molecule has 11 atom stereocenters. The molecule has 0 radical (unpaired) electrons. The molecule has 2 saturated heterocycles. The lowest BCUT2D eigenvalue weighted by Crippen LogP contribution is -2.69. The van der Waals surface area contributed by atoms with Crippen molar-refractivity contribution in [2.75, 3.05) is 19.8 Å². The Balaban J connectivity index is 2.30. The van der Waals surface area contributed by atoms with Crippen molar-refractivity contribution in [1.82, 2.24) is 10.6 Å². The summed E-state index contributed by atoms with van der Waals surface area (Å²) in [5.41, 5.74) is 0. The molecule has 0 saturated carbocycles. The number of aliphatic hydroxyl groups is 6. The summed E-state index contributed by atoms with van der Waals surface area (Å²) in [6.45, 7) is 1.98. The highest BCUT2D eigenvalue weighted by Gasteiger charge is 2.51. The van der Waals surface area contributed by atoms with Gasteiger partial charge in [0, 0.05) is 13.8 Å². The maximum atomic E-state index is 11.8. The highest BCUT2D eigenvalue weighted by Crippen LogP contribution is 2.30. The zero-order valence-electron chi connectivity index (χ0n) is 18.6. The van der Waals surface area contributed by atoms with Gasteiger partial charge in [0.15, 0.2) is 12.6 Å². The topological polar surface area (TPSA) is 216 Å². The standard InChI is InChI=1S/C19H34N2O12/c1-7-13(20-8(2)25)15(28)18(10(4-22)30-7)33-19-14(21-9(3)26)16(29)17(11(5-23)31-19)32-12(27)6-24/h7,10-19,22-24,27-29H,4-6H2,1-3H3,(H,20,25)(H,21,26)/t7-,10?,11?,12-,13?,14?,15?,16?,17+,18+,19-/m0/s1. The quantitative estimate of drug-likeness (QED) is 0.145. The van der Waals surface area contributed by atoms with Crippen LogP contribution < -0.4 is 10.6 Å². The Morgan fingerprint density at radius 2 is 1.42 bits per heavy atom. The summed E-state index contributed by atoms with van der Waals surface area (Å²) in [6.07, 6.45) is -11.7. The number of amides is 2. The van der Waals surface area contributed by atoms with E-state index in [4.69, 9.17) is 24.1 Å². The van der Waals surface area contributed by atoms with E-state index in [1.165, 1.54) is 13.8 Å². The molecule has 0 aromatic carbocycles. The molecule has 14 heteroatoms. The van der Waals surface area contributed by atoms with Crippen LogP contribution >= 0.6 is 0 Å². The first-order valence-electron chi connectivity index (χ1n) is 10.6. The zero-order chi connectivity index (χ0) is 24.9. The predicted molar refractivity (Wildman–Crippen MR) is 107 cm³/mol. The lowest BCUT2D eigenvalue weighted by atomic mass is 9.92. The molecule has 0 bridgehead atoms. The number of hydrogen-bond donors (Lipinski definition) is 8. The fraction of sp³-hybridized carbons (Fsp3) is 0.895. The molecule has 2 fully saturated rings. The fourth-order valence-electron chi connectivity index (χ4n) is 4.01. The summed E-state index contributed by atoms with van der Waals surface area (Å²) < 4.78 is 22.3. The second-order valence-corrected chi connectivity index (χ2v) is 8.06. The molecule has 192 valence electrons. The number of aliphatic hydroxyl groups excluding tert-OH is 6. The minimum atomic E-state index is -1.69. The molecule has 2 aliphatic heterocycles. The third-order valence-electron chi connectivity index (χ3n) is 5.50. The van der Waals surface area contributed by atoms with E-state index < -0.39 is 99.0 Å². The van der Waals surface area contributed by atoms with Gasteiger partial charge in [-0.25, -0.2) is 0 Å². The van der Waals surface area contributed by atoms with E-state index >= 15 is 0 Å². The molecule has 0 aromatic heterocycles. The average Bonchev–Trinajstić information content (AvgIpc) is 2.76.